The molecule has 0 atom stereocenters. The number of rotatable bonds is 2. The molecule has 88 valence electrons. The number of carbonyl (C=O) groups excluding carboxylic acids is 1. The molecule has 17 heavy (non-hydrogen) atoms. The molecule has 5 nitrogen and oxygen atoms in total. The second kappa shape index (κ2) is 4.62. The average molecular weight is 301 g/mol. The molecule has 0 bridgehead atoms. The van der Waals surface area contributed by atoms with Gasteiger partial charge in [-0.2, -0.15) is 0 Å². The molecular weight excluding hydrogens is 295 g/mol. The summed E-state index contributed by atoms with van der Waals surface area (Å²) in [6, 6.07) is 3.31. The van der Waals surface area contributed by atoms with Gasteiger partial charge in [0.2, 0.25) is 5.88 Å². The van der Waals surface area contributed by atoms with Gasteiger partial charge in [-0.05, 0) is 22.0 Å². The van der Waals surface area contributed by atoms with Crippen molar-refractivity contribution < 1.29 is 19.0 Å². The van der Waals surface area contributed by atoms with Crippen LogP contribution in [0.4, 0.5) is 4.53 Å². The normalized spacial score (nSPS) is 10.3. The van der Waals surface area contributed by atoms with E-state index in [1.54, 1.807) is 12.1 Å². The highest BCUT2D eigenvalue weighted by atomic mass is 79.9. The van der Waals surface area contributed by atoms with E-state index in [1.807, 2.05) is 0 Å². The predicted octanol–water partition coefficient (Wildman–Crippen LogP) is 2.44. The lowest BCUT2D eigenvalue weighted by atomic mass is 10.2. The Balaban J connectivity index is 2.68. The summed E-state index contributed by atoms with van der Waals surface area (Å²) in [5, 5.41) is 0. The number of fused-ring (bicyclic) bond motifs is 1. The molecule has 0 saturated heterocycles. The molecule has 0 aliphatic carbocycles. The van der Waals surface area contributed by atoms with Crippen LogP contribution < -0.4 is 4.74 Å². The van der Waals surface area contributed by atoms with Crippen LogP contribution in [0.1, 0.15) is 10.4 Å². The van der Waals surface area contributed by atoms with E-state index in [9.17, 15) is 9.32 Å². The van der Waals surface area contributed by atoms with Gasteiger partial charge in [-0.15, -0.1) is 0 Å². The molecule has 2 heterocycles. The summed E-state index contributed by atoms with van der Waals surface area (Å²) in [5.41, 5.74) is 0.904. The first-order valence-corrected chi connectivity index (χ1v) is 5.29. The van der Waals surface area contributed by atoms with Gasteiger partial charge in [-0.1, -0.05) is 0 Å². The smallest absolute Gasteiger partial charge is 0.382 e. The van der Waals surface area contributed by atoms with Crippen LogP contribution in [0.5, 0.6) is 5.88 Å². The van der Waals surface area contributed by atoms with E-state index in [0.29, 0.717) is 21.4 Å². The lowest BCUT2D eigenvalue weighted by molar-refractivity contribution is -0.0789. The Labute approximate surface area is 104 Å². The van der Waals surface area contributed by atoms with Gasteiger partial charge in [-0.3, -0.25) is 4.98 Å². The highest BCUT2D eigenvalue weighted by Crippen LogP contribution is 2.26. The van der Waals surface area contributed by atoms with E-state index in [0.717, 1.165) is 0 Å². The van der Waals surface area contributed by atoms with Crippen molar-refractivity contribution in [1.82, 2.24) is 9.97 Å². The summed E-state index contributed by atoms with van der Waals surface area (Å²) in [5.74, 6) is -0.762. The molecule has 0 fully saturated rings. The second-order valence-electron chi connectivity index (χ2n) is 3.07. The fourth-order valence-corrected chi connectivity index (χ4v) is 1.87. The van der Waals surface area contributed by atoms with E-state index in [-0.39, 0.29) is 5.56 Å². The Kier molecular flexibility index (Phi) is 3.19. The van der Waals surface area contributed by atoms with Gasteiger partial charge in [0.1, 0.15) is 5.52 Å². The molecule has 2 aromatic heterocycles. The first-order valence-electron chi connectivity index (χ1n) is 4.49. The summed E-state index contributed by atoms with van der Waals surface area (Å²) >= 11 is 3.16. The highest BCUT2D eigenvalue weighted by Gasteiger charge is 2.17. The third kappa shape index (κ3) is 2.05. The Morgan fingerprint density at radius 3 is 2.88 bits per heavy atom. The van der Waals surface area contributed by atoms with Crippen LogP contribution in [0.25, 0.3) is 11.0 Å². The third-order valence-electron chi connectivity index (χ3n) is 2.12. The van der Waals surface area contributed by atoms with Crippen LogP contribution in [0.2, 0.25) is 0 Å². The van der Waals surface area contributed by atoms with Crippen molar-refractivity contribution in [3.05, 3.63) is 28.4 Å². The largest absolute Gasteiger partial charge is 0.481 e. The zero-order chi connectivity index (χ0) is 12.4. The molecule has 0 aliphatic heterocycles. The summed E-state index contributed by atoms with van der Waals surface area (Å²) in [4.78, 5) is 22.3. The molecule has 7 heteroatoms. The fourth-order valence-electron chi connectivity index (χ4n) is 1.32. The summed E-state index contributed by atoms with van der Waals surface area (Å²) in [6.45, 7) is 0. The number of methoxy groups -OCH3 is 1. The number of aromatic nitrogens is 2. The lowest BCUT2D eigenvalue weighted by Crippen LogP contribution is -2.02. The zero-order valence-corrected chi connectivity index (χ0v) is 10.2. The molecule has 0 unspecified atom stereocenters. The molecule has 0 aliphatic rings. The van der Waals surface area contributed by atoms with E-state index < -0.39 is 5.97 Å². The lowest BCUT2D eigenvalue weighted by Gasteiger charge is -2.05. The maximum Gasteiger partial charge on any atom is 0.382 e. The first-order chi connectivity index (χ1) is 8.17. The number of carbonyl (C=O) groups is 1. The van der Waals surface area contributed by atoms with Crippen LogP contribution in [0.15, 0.2) is 22.8 Å². The van der Waals surface area contributed by atoms with Crippen molar-refractivity contribution in [1.29, 1.82) is 0 Å². The zero-order valence-electron chi connectivity index (χ0n) is 8.61. The van der Waals surface area contributed by atoms with E-state index >= 15 is 0 Å². The molecule has 0 amide bonds. The Bertz CT molecular complexity index is 591. The molecule has 0 N–H and O–H groups in total. The molecular formula is C10H6BrFN2O3. The number of halogens is 2. The van der Waals surface area contributed by atoms with Crippen molar-refractivity contribution in [2.24, 2.45) is 0 Å². The molecule has 2 rings (SSSR count). The van der Waals surface area contributed by atoms with Gasteiger partial charge in [-0.25, -0.2) is 14.7 Å². The predicted molar refractivity (Wildman–Crippen MR) is 60.3 cm³/mol. The summed E-state index contributed by atoms with van der Waals surface area (Å²) < 4.78 is 17.1. The quantitative estimate of drug-likeness (QED) is 0.852. The molecule has 0 aromatic carbocycles. The standard InChI is InChI=1S/C10H6BrFN2O3/c1-16-7-3-2-6-9(14-7)8(11)5(4-13-6)10(15)17-12/h2-4H,1H3. The number of pyridine rings is 2. The van der Waals surface area contributed by atoms with Gasteiger partial charge in [0, 0.05) is 16.8 Å². The van der Waals surface area contributed by atoms with Crippen molar-refractivity contribution in [2.45, 2.75) is 0 Å². The van der Waals surface area contributed by atoms with Gasteiger partial charge in [0.15, 0.2) is 0 Å². The Hall–Kier alpha value is -1.76. The Morgan fingerprint density at radius 2 is 2.24 bits per heavy atom. The number of hydrogen-bond donors (Lipinski definition) is 0. The maximum atomic E-state index is 11.9. The molecule has 0 radical (unpaired) electrons. The van der Waals surface area contributed by atoms with Crippen molar-refractivity contribution in [2.75, 3.05) is 7.11 Å². The van der Waals surface area contributed by atoms with Crippen LogP contribution in [-0.4, -0.2) is 23.0 Å². The van der Waals surface area contributed by atoms with E-state index in [2.05, 4.69) is 30.8 Å². The molecule has 0 spiro atoms. The SMILES string of the molecule is COc1ccc2ncc(C(=O)OF)c(Br)c2n1. The second-order valence-corrected chi connectivity index (χ2v) is 3.86. The minimum absolute atomic E-state index is 0.0410. The minimum atomic E-state index is -1.13. The third-order valence-corrected chi connectivity index (χ3v) is 2.93. The van der Waals surface area contributed by atoms with Crippen molar-refractivity contribution >= 4 is 32.9 Å². The van der Waals surface area contributed by atoms with Crippen LogP contribution in [0.3, 0.4) is 0 Å². The highest BCUT2D eigenvalue weighted by molar-refractivity contribution is 9.10. The van der Waals surface area contributed by atoms with Crippen LogP contribution in [-0.2, 0) is 4.94 Å². The number of nitrogens with zero attached hydrogens (tertiary/aromatic N) is 2. The number of ether oxygens (including phenoxy) is 1. The summed E-state index contributed by atoms with van der Waals surface area (Å²) in [7, 11) is 1.47. The minimum Gasteiger partial charge on any atom is -0.481 e. The van der Waals surface area contributed by atoms with Crippen LogP contribution in [0, 0.1) is 0 Å². The monoisotopic (exact) mass is 300 g/mol. The number of hydrogen-bond acceptors (Lipinski definition) is 5. The molecule has 2 aromatic rings. The average Bonchev–Trinajstić information content (AvgIpc) is 2.38. The van der Waals surface area contributed by atoms with Gasteiger partial charge < -0.3 is 4.74 Å². The summed E-state index contributed by atoms with van der Waals surface area (Å²) in [6.07, 6.45) is 1.21. The van der Waals surface area contributed by atoms with E-state index in [4.69, 9.17) is 4.74 Å². The molecule has 0 saturated carbocycles. The van der Waals surface area contributed by atoms with Gasteiger partial charge in [0.25, 0.3) is 0 Å². The van der Waals surface area contributed by atoms with Gasteiger partial charge in [0.05, 0.1) is 22.7 Å². The Morgan fingerprint density at radius 1 is 1.47 bits per heavy atom. The van der Waals surface area contributed by atoms with Crippen molar-refractivity contribution in [3.63, 3.8) is 0 Å². The van der Waals surface area contributed by atoms with Crippen molar-refractivity contribution in [3.8, 4) is 5.88 Å². The topological polar surface area (TPSA) is 61.3 Å². The fraction of sp³-hybridized carbons (Fsp3) is 0.100. The first kappa shape index (κ1) is 11.7. The van der Waals surface area contributed by atoms with Crippen LogP contribution >= 0.6 is 15.9 Å². The van der Waals surface area contributed by atoms with E-state index in [1.165, 1.54) is 13.3 Å². The van der Waals surface area contributed by atoms with Gasteiger partial charge >= 0.3 is 5.97 Å². The maximum absolute atomic E-state index is 11.9.